The van der Waals surface area contributed by atoms with Crippen molar-refractivity contribution in [3.63, 3.8) is 0 Å². The Morgan fingerprint density at radius 1 is 0.895 bits per heavy atom. The highest BCUT2D eigenvalue weighted by Crippen LogP contribution is 2.36. The Balaban J connectivity index is 1.62. The second kappa shape index (κ2) is 9.83. The van der Waals surface area contributed by atoms with E-state index in [-0.39, 0.29) is 17.8 Å². The Bertz CT molecular complexity index is 1740. The van der Waals surface area contributed by atoms with Crippen LogP contribution in [0.4, 0.5) is 11.5 Å². The molecular formula is C29H31N7O2. The molecular weight excluding hydrogens is 478 g/mol. The highest BCUT2D eigenvalue weighted by molar-refractivity contribution is 5.98. The van der Waals surface area contributed by atoms with Crippen molar-refractivity contribution in [2.45, 2.75) is 13.1 Å². The fourth-order valence-electron chi connectivity index (χ4n) is 5.58. The lowest BCUT2D eigenvalue weighted by Gasteiger charge is -2.31. The summed E-state index contributed by atoms with van der Waals surface area (Å²) in [6.07, 6.45) is 1.73. The van der Waals surface area contributed by atoms with Crippen LogP contribution in [0.2, 0.25) is 0 Å². The minimum absolute atomic E-state index is 0.0944. The molecule has 0 saturated carbocycles. The average Bonchev–Trinajstić information content (AvgIpc) is 3.29. The zero-order chi connectivity index (χ0) is 26.2. The number of piperazine rings is 1. The van der Waals surface area contributed by atoms with Gasteiger partial charge in [0.15, 0.2) is 0 Å². The summed E-state index contributed by atoms with van der Waals surface area (Å²) >= 11 is 0. The molecule has 38 heavy (non-hydrogen) atoms. The number of hydrogen-bond donors (Lipinski definition) is 2. The number of anilines is 2. The van der Waals surface area contributed by atoms with Crippen LogP contribution in [0.15, 0.2) is 76.4 Å². The summed E-state index contributed by atoms with van der Waals surface area (Å²) in [4.78, 5) is 34.8. The topological polar surface area (TPSA) is 89.1 Å². The Morgan fingerprint density at radius 3 is 2.39 bits per heavy atom. The standard InChI is InChI=1S/C29H31N7O2/c1-30-24-25-26(35(18-20-8-4-3-5-9-20)27(24)34-16-14-31-15-17-34)28(37)36(29(38)33(25)2)19-23-22-11-7-6-10-21(22)12-13-32-23/h3-13,30-31H,14-19H2,1-2H3. The van der Waals surface area contributed by atoms with Crippen molar-refractivity contribution in [3.05, 3.63) is 99.0 Å². The molecule has 9 nitrogen and oxygen atoms in total. The summed E-state index contributed by atoms with van der Waals surface area (Å²) in [7, 11) is 3.59. The van der Waals surface area contributed by atoms with Crippen molar-refractivity contribution < 1.29 is 0 Å². The molecule has 1 aliphatic rings. The number of hydrogen-bond acceptors (Lipinski definition) is 6. The summed E-state index contributed by atoms with van der Waals surface area (Å²) in [5.41, 5.74) is 3.02. The minimum atomic E-state index is -0.363. The first-order valence-electron chi connectivity index (χ1n) is 12.9. The number of fused-ring (bicyclic) bond motifs is 2. The van der Waals surface area contributed by atoms with Gasteiger partial charge < -0.3 is 20.1 Å². The molecule has 0 amide bonds. The molecule has 2 aromatic carbocycles. The second-order valence-electron chi connectivity index (χ2n) is 9.67. The molecule has 0 atom stereocenters. The van der Waals surface area contributed by atoms with Gasteiger partial charge in [-0.2, -0.15) is 0 Å². The first kappa shape index (κ1) is 24.0. The smallest absolute Gasteiger partial charge is 0.331 e. The molecule has 0 spiro atoms. The Kier molecular flexibility index (Phi) is 6.21. The lowest BCUT2D eigenvalue weighted by molar-refractivity contribution is 0.577. The van der Waals surface area contributed by atoms with Gasteiger partial charge in [-0.05, 0) is 17.0 Å². The number of benzene rings is 2. The van der Waals surface area contributed by atoms with E-state index in [0.29, 0.717) is 23.3 Å². The Labute approximate surface area is 220 Å². The van der Waals surface area contributed by atoms with Crippen LogP contribution in [0.5, 0.6) is 0 Å². The number of aryl methyl sites for hydroxylation is 1. The van der Waals surface area contributed by atoms with E-state index in [1.54, 1.807) is 17.8 Å². The largest absolute Gasteiger partial charge is 0.383 e. The molecule has 1 saturated heterocycles. The third-order valence-electron chi connectivity index (χ3n) is 7.43. The maximum Gasteiger partial charge on any atom is 0.331 e. The molecule has 5 aromatic rings. The van der Waals surface area contributed by atoms with Gasteiger partial charge in [-0.3, -0.25) is 18.9 Å². The zero-order valence-electron chi connectivity index (χ0n) is 21.6. The molecule has 0 unspecified atom stereocenters. The minimum Gasteiger partial charge on any atom is -0.383 e. The Morgan fingerprint density at radius 2 is 1.63 bits per heavy atom. The van der Waals surface area contributed by atoms with Crippen molar-refractivity contribution in [1.82, 2.24) is 24.0 Å². The van der Waals surface area contributed by atoms with Crippen LogP contribution in [-0.4, -0.2) is 51.9 Å². The van der Waals surface area contributed by atoms with Crippen molar-refractivity contribution in [2.24, 2.45) is 7.05 Å². The maximum absolute atomic E-state index is 14.3. The van der Waals surface area contributed by atoms with E-state index in [0.717, 1.165) is 54.0 Å². The fourth-order valence-corrected chi connectivity index (χ4v) is 5.58. The molecule has 0 bridgehead atoms. The number of nitrogens with zero attached hydrogens (tertiary/aromatic N) is 5. The van der Waals surface area contributed by atoms with Crippen molar-refractivity contribution in [1.29, 1.82) is 0 Å². The third kappa shape index (κ3) is 3.95. The summed E-state index contributed by atoms with van der Waals surface area (Å²) in [6.45, 7) is 3.93. The molecule has 1 aliphatic heterocycles. The van der Waals surface area contributed by atoms with E-state index in [2.05, 4.69) is 37.2 Å². The summed E-state index contributed by atoms with van der Waals surface area (Å²) in [6, 6.07) is 20.0. The predicted octanol–water partition coefficient (Wildman–Crippen LogP) is 2.60. The average molecular weight is 510 g/mol. The summed E-state index contributed by atoms with van der Waals surface area (Å²) < 4.78 is 5.00. The van der Waals surface area contributed by atoms with Crippen LogP contribution in [-0.2, 0) is 20.1 Å². The first-order valence-corrected chi connectivity index (χ1v) is 12.9. The summed E-state index contributed by atoms with van der Waals surface area (Å²) in [5.74, 6) is 0.931. The lowest BCUT2D eigenvalue weighted by Crippen LogP contribution is -2.44. The number of pyridine rings is 1. The van der Waals surface area contributed by atoms with Crippen LogP contribution >= 0.6 is 0 Å². The van der Waals surface area contributed by atoms with Gasteiger partial charge in [-0.1, -0.05) is 54.6 Å². The van der Waals surface area contributed by atoms with Gasteiger partial charge in [0.1, 0.15) is 22.5 Å². The van der Waals surface area contributed by atoms with Gasteiger partial charge in [-0.25, -0.2) is 4.79 Å². The van der Waals surface area contributed by atoms with Gasteiger partial charge in [0.25, 0.3) is 5.56 Å². The van der Waals surface area contributed by atoms with E-state index >= 15 is 0 Å². The number of aromatic nitrogens is 4. The van der Waals surface area contributed by atoms with Gasteiger partial charge in [0, 0.05) is 58.4 Å². The molecule has 1 fully saturated rings. The van der Waals surface area contributed by atoms with Gasteiger partial charge in [0.05, 0.1) is 12.2 Å². The molecule has 6 rings (SSSR count). The van der Waals surface area contributed by atoms with Crippen LogP contribution < -0.4 is 26.8 Å². The number of rotatable bonds is 6. The van der Waals surface area contributed by atoms with E-state index in [4.69, 9.17) is 0 Å². The molecule has 3 aromatic heterocycles. The zero-order valence-corrected chi connectivity index (χ0v) is 21.6. The predicted molar refractivity (Wildman–Crippen MR) is 152 cm³/mol. The lowest BCUT2D eigenvalue weighted by atomic mass is 10.1. The normalized spacial score (nSPS) is 13.9. The van der Waals surface area contributed by atoms with Gasteiger partial charge in [0.2, 0.25) is 0 Å². The summed E-state index contributed by atoms with van der Waals surface area (Å²) in [5, 5.41) is 8.69. The van der Waals surface area contributed by atoms with Crippen LogP contribution in [0, 0.1) is 0 Å². The van der Waals surface area contributed by atoms with Gasteiger partial charge in [-0.15, -0.1) is 0 Å². The van der Waals surface area contributed by atoms with Crippen LogP contribution in [0.3, 0.4) is 0 Å². The highest BCUT2D eigenvalue weighted by atomic mass is 16.2. The van der Waals surface area contributed by atoms with Crippen molar-refractivity contribution >= 4 is 33.3 Å². The molecule has 194 valence electrons. The molecule has 2 N–H and O–H groups in total. The number of nitrogens with one attached hydrogen (secondary N) is 2. The molecule has 4 heterocycles. The van der Waals surface area contributed by atoms with E-state index in [1.807, 2.05) is 55.6 Å². The quantitative estimate of drug-likeness (QED) is 0.366. The second-order valence-corrected chi connectivity index (χ2v) is 9.67. The monoisotopic (exact) mass is 509 g/mol. The highest BCUT2D eigenvalue weighted by Gasteiger charge is 2.28. The molecule has 9 heteroatoms. The third-order valence-corrected chi connectivity index (χ3v) is 7.43. The van der Waals surface area contributed by atoms with E-state index in [1.165, 1.54) is 4.57 Å². The molecule has 0 radical (unpaired) electrons. The van der Waals surface area contributed by atoms with Gasteiger partial charge >= 0.3 is 5.69 Å². The maximum atomic E-state index is 14.3. The SMILES string of the molecule is CNc1c(N2CCNCC2)n(Cc2ccccc2)c2c(=O)n(Cc3nccc4ccccc34)c(=O)n(C)c12. The van der Waals surface area contributed by atoms with Crippen LogP contribution in [0.25, 0.3) is 21.8 Å². The van der Waals surface area contributed by atoms with E-state index in [9.17, 15) is 9.59 Å². The van der Waals surface area contributed by atoms with Crippen LogP contribution in [0.1, 0.15) is 11.3 Å². The van der Waals surface area contributed by atoms with Crippen molar-refractivity contribution in [2.75, 3.05) is 43.4 Å². The Hall–Kier alpha value is -4.37. The first-order chi connectivity index (χ1) is 18.6. The van der Waals surface area contributed by atoms with E-state index < -0.39 is 0 Å². The fraction of sp³-hybridized carbons (Fsp3) is 0.276. The van der Waals surface area contributed by atoms with Crippen molar-refractivity contribution in [3.8, 4) is 0 Å². The molecule has 0 aliphatic carbocycles.